The summed E-state index contributed by atoms with van der Waals surface area (Å²) in [7, 11) is 1.62. The number of rotatable bonds is 6. The van der Waals surface area contributed by atoms with Crippen LogP contribution in [0.2, 0.25) is 0 Å². The van der Waals surface area contributed by atoms with Crippen molar-refractivity contribution in [1.29, 1.82) is 0 Å². The number of benzene rings is 1. The van der Waals surface area contributed by atoms with Crippen LogP contribution in [-0.4, -0.2) is 36.0 Å². The predicted octanol–water partition coefficient (Wildman–Crippen LogP) is 3.93. The summed E-state index contributed by atoms with van der Waals surface area (Å²) in [6, 6.07) is 8.89. The molecule has 1 heterocycles. The minimum atomic E-state index is -0.804. The van der Waals surface area contributed by atoms with Crippen LogP contribution in [0.3, 0.4) is 0 Å². The fourth-order valence-corrected chi connectivity index (χ4v) is 4.22. The van der Waals surface area contributed by atoms with Crippen molar-refractivity contribution < 1.29 is 19.1 Å². The highest BCUT2D eigenvalue weighted by atomic mass is 16.6. The van der Waals surface area contributed by atoms with Crippen LogP contribution in [0, 0.1) is 17.8 Å². The van der Waals surface area contributed by atoms with Gasteiger partial charge in [-0.3, -0.25) is 4.79 Å². The minimum absolute atomic E-state index is 0.101. The summed E-state index contributed by atoms with van der Waals surface area (Å²) in [5.41, 5.74) is 0.985. The zero-order valence-corrected chi connectivity index (χ0v) is 17.3. The second kappa shape index (κ2) is 8.80. The predicted molar refractivity (Wildman–Crippen MR) is 107 cm³/mol. The summed E-state index contributed by atoms with van der Waals surface area (Å²) >= 11 is 0. The number of carbonyl (C=O) groups excluding carboxylic acids is 2. The molecule has 0 radical (unpaired) electrons. The van der Waals surface area contributed by atoms with Gasteiger partial charge in [-0.15, -0.1) is 0 Å². The first-order valence-electron chi connectivity index (χ1n) is 10.2. The number of esters is 1. The highest BCUT2D eigenvalue weighted by Gasteiger charge is 2.41. The molecule has 5 nitrogen and oxygen atoms in total. The normalized spacial score (nSPS) is 27.7. The van der Waals surface area contributed by atoms with E-state index in [1.54, 1.807) is 7.05 Å². The van der Waals surface area contributed by atoms with Gasteiger partial charge in [0.2, 0.25) is 0 Å². The molecule has 1 aliphatic heterocycles. The zero-order chi connectivity index (χ0) is 20.3. The van der Waals surface area contributed by atoms with Crippen LogP contribution in [0.25, 0.3) is 0 Å². The molecule has 0 bridgehead atoms. The fourth-order valence-electron chi connectivity index (χ4n) is 4.22. The maximum absolute atomic E-state index is 13.0. The van der Waals surface area contributed by atoms with Gasteiger partial charge in [0.15, 0.2) is 6.04 Å². The van der Waals surface area contributed by atoms with E-state index in [1.807, 2.05) is 30.3 Å². The summed E-state index contributed by atoms with van der Waals surface area (Å²) in [6.07, 6.45) is 4.42. The average Bonchev–Trinajstić information content (AvgIpc) is 2.94. The Hall–Kier alpha value is -2.30. The quantitative estimate of drug-likeness (QED) is 0.696. The second-order valence-corrected chi connectivity index (χ2v) is 8.47. The Bertz CT molecular complexity index is 727. The topological polar surface area (TPSA) is 55.8 Å². The third-order valence-electron chi connectivity index (χ3n) is 5.97. The molecule has 1 amide bonds. The fraction of sp³-hybridized carbons (Fsp3) is 0.565. The van der Waals surface area contributed by atoms with E-state index in [-0.39, 0.29) is 12.0 Å². The van der Waals surface area contributed by atoms with Crippen molar-refractivity contribution in [1.82, 2.24) is 4.90 Å². The molecule has 2 aliphatic rings. The van der Waals surface area contributed by atoms with E-state index in [4.69, 9.17) is 9.47 Å². The van der Waals surface area contributed by atoms with Gasteiger partial charge in [-0.25, -0.2) is 4.79 Å². The summed E-state index contributed by atoms with van der Waals surface area (Å²) in [4.78, 5) is 26.6. The van der Waals surface area contributed by atoms with E-state index in [2.05, 4.69) is 20.8 Å². The lowest BCUT2D eigenvalue weighted by atomic mass is 9.75. The van der Waals surface area contributed by atoms with Crippen molar-refractivity contribution in [2.75, 3.05) is 7.05 Å². The Kier molecular flexibility index (Phi) is 6.42. The van der Waals surface area contributed by atoms with E-state index in [9.17, 15) is 9.59 Å². The molecule has 0 N–H and O–H groups in total. The van der Waals surface area contributed by atoms with Crippen molar-refractivity contribution in [2.24, 2.45) is 17.8 Å². The third-order valence-corrected chi connectivity index (χ3v) is 5.97. The van der Waals surface area contributed by atoms with E-state index in [1.165, 1.54) is 17.4 Å². The molecule has 4 atom stereocenters. The molecular weight excluding hydrogens is 354 g/mol. The van der Waals surface area contributed by atoms with Crippen LogP contribution in [-0.2, 0) is 25.7 Å². The SMILES string of the molecule is CC1CCC(C(C)C)[C@@H](OC(=O)C2C(OCc3ccccc3)=CC(=O)N2C)C1. The standard InChI is InChI=1S/C23H31NO4/c1-15(2)18-11-10-16(3)12-19(18)28-23(26)22-20(13-21(25)24(22)4)27-14-17-8-6-5-7-9-17/h5-9,13,15-16,18-19,22H,10-12,14H2,1-4H3/t16?,18?,19-,22?/m0/s1. The molecule has 1 aliphatic carbocycles. The van der Waals surface area contributed by atoms with Gasteiger partial charge >= 0.3 is 5.97 Å². The van der Waals surface area contributed by atoms with Crippen LogP contribution in [0.15, 0.2) is 42.2 Å². The number of nitrogens with zero attached hydrogens (tertiary/aromatic N) is 1. The Morgan fingerprint density at radius 2 is 1.93 bits per heavy atom. The molecule has 152 valence electrons. The van der Waals surface area contributed by atoms with Crippen LogP contribution in [0.5, 0.6) is 0 Å². The lowest BCUT2D eigenvalue weighted by Gasteiger charge is -2.37. The molecule has 5 heteroatoms. The Labute approximate surface area is 167 Å². The largest absolute Gasteiger partial charge is 0.490 e. The number of amides is 1. The molecule has 0 spiro atoms. The van der Waals surface area contributed by atoms with Gasteiger partial charge in [0, 0.05) is 13.1 Å². The van der Waals surface area contributed by atoms with Gasteiger partial charge in [-0.2, -0.15) is 0 Å². The van der Waals surface area contributed by atoms with Crippen LogP contribution < -0.4 is 0 Å². The van der Waals surface area contributed by atoms with Crippen molar-refractivity contribution in [2.45, 2.75) is 58.8 Å². The number of hydrogen-bond acceptors (Lipinski definition) is 4. The summed E-state index contributed by atoms with van der Waals surface area (Å²) in [5, 5.41) is 0. The Balaban J connectivity index is 1.69. The van der Waals surface area contributed by atoms with Crippen LogP contribution in [0.1, 0.15) is 45.6 Å². The van der Waals surface area contributed by atoms with Gasteiger partial charge in [-0.05, 0) is 36.2 Å². The minimum Gasteiger partial charge on any atom is -0.490 e. The van der Waals surface area contributed by atoms with Gasteiger partial charge in [0.05, 0.1) is 0 Å². The van der Waals surface area contributed by atoms with E-state index in [0.717, 1.165) is 18.4 Å². The summed E-state index contributed by atoms with van der Waals surface area (Å²) < 4.78 is 11.8. The molecule has 0 saturated heterocycles. The Morgan fingerprint density at radius 3 is 2.61 bits per heavy atom. The summed E-state index contributed by atoms with van der Waals surface area (Å²) in [5.74, 6) is 1.10. The highest BCUT2D eigenvalue weighted by molar-refractivity contribution is 5.97. The van der Waals surface area contributed by atoms with Gasteiger partial charge in [-0.1, -0.05) is 57.5 Å². The van der Waals surface area contributed by atoms with E-state index in [0.29, 0.717) is 30.1 Å². The first-order valence-corrected chi connectivity index (χ1v) is 10.2. The molecule has 1 saturated carbocycles. The number of likely N-dealkylation sites (N-methyl/N-ethyl adjacent to an activating group) is 1. The smallest absolute Gasteiger partial charge is 0.337 e. The van der Waals surface area contributed by atoms with E-state index < -0.39 is 12.0 Å². The zero-order valence-electron chi connectivity index (χ0n) is 17.3. The van der Waals surface area contributed by atoms with Gasteiger partial charge < -0.3 is 14.4 Å². The lowest BCUT2D eigenvalue weighted by Crippen LogP contribution is -2.44. The molecule has 1 aromatic rings. The average molecular weight is 386 g/mol. The molecule has 1 fully saturated rings. The molecule has 28 heavy (non-hydrogen) atoms. The van der Waals surface area contributed by atoms with Crippen molar-refractivity contribution in [3.05, 3.63) is 47.7 Å². The second-order valence-electron chi connectivity index (χ2n) is 8.47. The Morgan fingerprint density at radius 1 is 1.21 bits per heavy atom. The monoisotopic (exact) mass is 385 g/mol. The maximum atomic E-state index is 13.0. The van der Waals surface area contributed by atoms with Crippen LogP contribution >= 0.6 is 0 Å². The number of carbonyl (C=O) groups is 2. The number of ether oxygens (including phenoxy) is 2. The van der Waals surface area contributed by atoms with Gasteiger partial charge in [0.1, 0.15) is 18.5 Å². The van der Waals surface area contributed by atoms with Crippen molar-refractivity contribution in [3.63, 3.8) is 0 Å². The van der Waals surface area contributed by atoms with Crippen LogP contribution in [0.4, 0.5) is 0 Å². The van der Waals surface area contributed by atoms with Gasteiger partial charge in [0.25, 0.3) is 5.91 Å². The molecule has 3 unspecified atom stereocenters. The first kappa shape index (κ1) is 20.4. The lowest BCUT2D eigenvalue weighted by molar-refractivity contribution is -0.162. The molecular formula is C23H31NO4. The maximum Gasteiger partial charge on any atom is 0.337 e. The molecule has 0 aromatic heterocycles. The number of hydrogen-bond donors (Lipinski definition) is 0. The van der Waals surface area contributed by atoms with Crippen molar-refractivity contribution in [3.8, 4) is 0 Å². The molecule has 1 aromatic carbocycles. The van der Waals surface area contributed by atoms with E-state index >= 15 is 0 Å². The first-order chi connectivity index (χ1) is 13.4. The third kappa shape index (κ3) is 4.57. The van der Waals surface area contributed by atoms with Crippen molar-refractivity contribution >= 4 is 11.9 Å². The summed E-state index contributed by atoms with van der Waals surface area (Å²) in [6.45, 7) is 6.88. The molecule has 3 rings (SSSR count). The highest BCUT2D eigenvalue weighted by Crippen LogP contribution is 2.36.